The fourth-order valence-corrected chi connectivity index (χ4v) is 1.38. The number of aromatic nitrogens is 3. The van der Waals surface area contributed by atoms with Gasteiger partial charge in [0.15, 0.2) is 5.65 Å². The third kappa shape index (κ3) is 7.44. The molecule has 2 aromatic heterocycles. The van der Waals surface area contributed by atoms with E-state index in [1.54, 1.807) is 4.40 Å². The summed E-state index contributed by atoms with van der Waals surface area (Å²) in [5, 5.41) is 7.61. The van der Waals surface area contributed by atoms with Crippen molar-refractivity contribution >= 4 is 17.4 Å². The van der Waals surface area contributed by atoms with Gasteiger partial charge in [0.05, 0.1) is 0 Å². The van der Waals surface area contributed by atoms with Crippen LogP contribution in [0.25, 0.3) is 5.65 Å². The Morgan fingerprint density at radius 1 is 1.10 bits per heavy atom. The molecule has 0 aliphatic rings. The van der Waals surface area contributed by atoms with Crippen LogP contribution in [-0.4, -0.2) is 20.4 Å². The number of anilines is 1. The van der Waals surface area contributed by atoms with Crippen LogP contribution in [0.4, 0.5) is 5.95 Å². The van der Waals surface area contributed by atoms with Gasteiger partial charge < -0.3 is 5.73 Å². The van der Waals surface area contributed by atoms with Crippen LogP contribution in [0.15, 0.2) is 18.2 Å². The number of carbonyl (C=O) groups is 1. The van der Waals surface area contributed by atoms with Crippen LogP contribution in [0.2, 0.25) is 0 Å². The second-order valence-electron chi connectivity index (χ2n) is 3.66. The number of hydrogen-bond donors (Lipinski definition) is 1. The molecule has 21 heavy (non-hydrogen) atoms. The van der Waals surface area contributed by atoms with E-state index in [2.05, 4.69) is 10.2 Å². The highest BCUT2D eigenvalue weighted by Crippen LogP contribution is 2.07. The number of hydrogen-bond acceptors (Lipinski definition) is 4. The molecule has 0 aliphatic heterocycles. The molecule has 2 aromatic rings. The molecule has 0 radical (unpaired) electrons. The smallest absolute Gasteiger partial charge is 0.226 e. The van der Waals surface area contributed by atoms with Gasteiger partial charge in [0.25, 0.3) is 0 Å². The van der Waals surface area contributed by atoms with E-state index < -0.39 is 0 Å². The van der Waals surface area contributed by atoms with Gasteiger partial charge in [-0.25, -0.2) is 0 Å². The van der Waals surface area contributed by atoms with E-state index in [0.29, 0.717) is 24.6 Å². The summed E-state index contributed by atoms with van der Waals surface area (Å²) in [5.41, 5.74) is 7.41. The fourth-order valence-electron chi connectivity index (χ4n) is 1.38. The van der Waals surface area contributed by atoms with Crippen LogP contribution >= 0.6 is 0 Å². The van der Waals surface area contributed by atoms with Crippen molar-refractivity contribution in [2.45, 2.75) is 61.3 Å². The molecule has 120 valence electrons. The fraction of sp³-hybridized carbons (Fsp3) is 0.562. The Morgan fingerprint density at radius 2 is 1.62 bits per heavy atom. The van der Waals surface area contributed by atoms with E-state index in [0.717, 1.165) is 11.3 Å². The minimum atomic E-state index is 0.343. The topological polar surface area (TPSA) is 73.3 Å². The van der Waals surface area contributed by atoms with Gasteiger partial charge in [-0.3, -0.25) is 9.20 Å². The number of rotatable bonds is 2. The van der Waals surface area contributed by atoms with E-state index in [1.807, 2.05) is 66.7 Å². The first-order valence-electron chi connectivity index (χ1n) is 7.68. The zero-order chi connectivity index (χ0) is 16.8. The van der Waals surface area contributed by atoms with Crippen LogP contribution in [-0.2, 0) is 4.79 Å². The molecule has 5 nitrogen and oxygen atoms in total. The highest BCUT2D eigenvalue weighted by Gasteiger charge is 2.00. The Hall–Kier alpha value is -1.91. The first-order chi connectivity index (χ1) is 10.1. The lowest BCUT2D eigenvalue weighted by Crippen LogP contribution is -1.96. The SMILES string of the molecule is CC.CC.CCC(=O)CC.Cc1cccc2nnc(N)n12. The lowest BCUT2D eigenvalue weighted by molar-refractivity contribution is -0.118. The van der Waals surface area contributed by atoms with Gasteiger partial charge in [-0.05, 0) is 19.1 Å². The van der Waals surface area contributed by atoms with Crippen molar-refractivity contribution in [2.75, 3.05) is 5.73 Å². The largest absolute Gasteiger partial charge is 0.368 e. The Morgan fingerprint density at radius 3 is 2.00 bits per heavy atom. The van der Waals surface area contributed by atoms with Crippen molar-refractivity contribution in [3.05, 3.63) is 23.9 Å². The molecule has 0 spiro atoms. The quantitative estimate of drug-likeness (QED) is 0.907. The van der Waals surface area contributed by atoms with E-state index >= 15 is 0 Å². The van der Waals surface area contributed by atoms with Crippen molar-refractivity contribution < 1.29 is 4.79 Å². The zero-order valence-corrected chi connectivity index (χ0v) is 14.5. The summed E-state index contributed by atoms with van der Waals surface area (Å²) in [6, 6.07) is 5.77. The summed E-state index contributed by atoms with van der Waals surface area (Å²) in [7, 11) is 0. The number of aryl methyl sites for hydroxylation is 1. The molecule has 2 heterocycles. The first-order valence-corrected chi connectivity index (χ1v) is 7.68. The third-order valence-corrected chi connectivity index (χ3v) is 2.44. The average Bonchev–Trinajstić information content (AvgIpc) is 2.94. The van der Waals surface area contributed by atoms with Gasteiger partial charge in [0.2, 0.25) is 5.95 Å². The predicted molar refractivity (Wildman–Crippen MR) is 90.4 cm³/mol. The maximum atomic E-state index is 10.2. The monoisotopic (exact) mass is 294 g/mol. The number of nitrogen functional groups attached to an aromatic ring is 1. The van der Waals surface area contributed by atoms with Crippen molar-refractivity contribution in [3.63, 3.8) is 0 Å². The van der Waals surface area contributed by atoms with Crippen LogP contribution in [0, 0.1) is 6.92 Å². The van der Waals surface area contributed by atoms with E-state index in [-0.39, 0.29) is 0 Å². The maximum absolute atomic E-state index is 10.2. The second-order valence-corrected chi connectivity index (χ2v) is 3.66. The highest BCUT2D eigenvalue weighted by molar-refractivity contribution is 5.77. The van der Waals surface area contributed by atoms with Gasteiger partial charge in [0.1, 0.15) is 5.78 Å². The molecule has 0 aliphatic carbocycles. The van der Waals surface area contributed by atoms with E-state index in [9.17, 15) is 4.79 Å². The number of Topliss-reactive ketones (excluding diaryl/α,β-unsaturated/α-hetero) is 1. The summed E-state index contributed by atoms with van der Waals surface area (Å²) in [4.78, 5) is 10.2. The number of nitrogens with two attached hydrogens (primary N) is 1. The number of pyridine rings is 1. The lowest BCUT2D eigenvalue weighted by atomic mass is 10.3. The van der Waals surface area contributed by atoms with Crippen LogP contribution in [0.3, 0.4) is 0 Å². The Balaban J connectivity index is 0. The first kappa shape index (κ1) is 21.4. The molecular weight excluding hydrogens is 264 g/mol. The molecule has 0 unspecified atom stereocenters. The van der Waals surface area contributed by atoms with Crippen molar-refractivity contribution in [2.24, 2.45) is 0 Å². The summed E-state index contributed by atoms with van der Waals surface area (Å²) in [5.74, 6) is 0.785. The Labute approximate surface area is 128 Å². The molecule has 0 fully saturated rings. The molecule has 0 bridgehead atoms. The van der Waals surface area contributed by atoms with Gasteiger partial charge in [-0.15, -0.1) is 10.2 Å². The molecule has 2 rings (SSSR count). The molecule has 0 aromatic carbocycles. The minimum Gasteiger partial charge on any atom is -0.368 e. The summed E-state index contributed by atoms with van der Waals surface area (Å²) < 4.78 is 1.81. The minimum absolute atomic E-state index is 0.343. The van der Waals surface area contributed by atoms with Gasteiger partial charge >= 0.3 is 0 Å². The standard InChI is InChI=1S/C7H8N4.C5H10O.2C2H6/c1-5-3-2-4-6-9-10-7(8)11(5)6;1-3-5(6)4-2;2*1-2/h2-4H,1H3,(H2,8,10);3-4H2,1-2H3;2*1-2H3. The Bertz CT molecular complexity index is 500. The second kappa shape index (κ2) is 13.1. The van der Waals surface area contributed by atoms with Crippen molar-refractivity contribution in [1.82, 2.24) is 14.6 Å². The Kier molecular flexibility index (Phi) is 13.3. The number of fused-ring (bicyclic) bond motifs is 1. The number of ketones is 1. The highest BCUT2D eigenvalue weighted by atomic mass is 16.1. The summed E-state index contributed by atoms with van der Waals surface area (Å²) >= 11 is 0. The average molecular weight is 294 g/mol. The zero-order valence-electron chi connectivity index (χ0n) is 14.5. The predicted octanol–water partition coefficient (Wildman–Crippen LogP) is 4.05. The lowest BCUT2D eigenvalue weighted by Gasteiger charge is -1.97. The van der Waals surface area contributed by atoms with Gasteiger partial charge in [0, 0.05) is 18.5 Å². The maximum Gasteiger partial charge on any atom is 0.226 e. The number of carbonyl (C=O) groups excluding carboxylic acids is 1. The van der Waals surface area contributed by atoms with Crippen molar-refractivity contribution in [3.8, 4) is 0 Å². The van der Waals surface area contributed by atoms with Crippen LogP contribution in [0.5, 0.6) is 0 Å². The molecule has 0 amide bonds. The summed E-state index contributed by atoms with van der Waals surface area (Å²) in [6.45, 7) is 13.7. The van der Waals surface area contributed by atoms with Crippen molar-refractivity contribution in [1.29, 1.82) is 0 Å². The molecule has 0 saturated carbocycles. The molecular formula is C16H30N4O. The molecule has 5 heteroatoms. The summed E-state index contributed by atoms with van der Waals surface area (Å²) in [6.07, 6.45) is 1.38. The van der Waals surface area contributed by atoms with Crippen LogP contribution < -0.4 is 5.73 Å². The van der Waals surface area contributed by atoms with Gasteiger partial charge in [-0.2, -0.15) is 0 Å². The van der Waals surface area contributed by atoms with Gasteiger partial charge in [-0.1, -0.05) is 47.6 Å². The number of nitrogens with zero attached hydrogens (tertiary/aromatic N) is 3. The molecule has 0 saturated heterocycles. The van der Waals surface area contributed by atoms with E-state index in [4.69, 9.17) is 5.73 Å². The molecule has 2 N–H and O–H groups in total. The van der Waals surface area contributed by atoms with E-state index in [1.165, 1.54) is 0 Å². The third-order valence-electron chi connectivity index (χ3n) is 2.44. The molecule has 0 atom stereocenters. The normalized spacial score (nSPS) is 8.52. The van der Waals surface area contributed by atoms with Crippen LogP contribution in [0.1, 0.15) is 60.1 Å².